The molecule has 0 aromatic carbocycles. The van der Waals surface area contributed by atoms with E-state index in [1.54, 1.807) is 0 Å². The molecule has 0 amide bonds. The summed E-state index contributed by atoms with van der Waals surface area (Å²) in [6.45, 7) is 14.4. The maximum absolute atomic E-state index is 11.7. The molecule has 2 spiro atoms. The Morgan fingerprint density at radius 3 is 2.39 bits per heavy atom. The van der Waals surface area contributed by atoms with Gasteiger partial charge in [-0.05, 0) is 93.3 Å². The van der Waals surface area contributed by atoms with Gasteiger partial charge in [0.2, 0.25) is 0 Å². The van der Waals surface area contributed by atoms with E-state index in [2.05, 4.69) is 57.5 Å². The summed E-state index contributed by atoms with van der Waals surface area (Å²) < 4.78 is 14.3. The van der Waals surface area contributed by atoms with Crippen molar-refractivity contribution >= 4 is 22.1 Å². The molecule has 4 aliphatic carbocycles. The van der Waals surface area contributed by atoms with Crippen molar-refractivity contribution in [2.75, 3.05) is 0 Å². The Labute approximate surface area is 226 Å². The molecule has 2 aliphatic heterocycles. The lowest BCUT2D eigenvalue weighted by Crippen LogP contribution is -2.67. The average Bonchev–Trinajstić information content (AvgIpc) is 3.32. The van der Waals surface area contributed by atoms with Gasteiger partial charge in [-0.2, -0.15) is 9.59 Å². The molecule has 2 heterocycles. The van der Waals surface area contributed by atoms with Gasteiger partial charge in [0.25, 0.3) is 0 Å². The summed E-state index contributed by atoms with van der Waals surface area (Å²) in [5.41, 5.74) is -0.0651. The van der Waals surface area contributed by atoms with Crippen LogP contribution >= 0.6 is 15.9 Å². The van der Waals surface area contributed by atoms with Gasteiger partial charge in [-0.25, -0.2) is 0 Å². The summed E-state index contributed by atoms with van der Waals surface area (Å²) in [5.74, 6) is 4.20. The Kier molecular flexibility index (Phi) is 6.94. The van der Waals surface area contributed by atoms with Crippen LogP contribution in [0.25, 0.3) is 0 Å². The van der Waals surface area contributed by atoms with Crippen LogP contribution in [-0.2, 0) is 19.1 Å². The highest BCUT2D eigenvalue weighted by Crippen LogP contribution is 2.79. The van der Waals surface area contributed by atoms with Crippen molar-refractivity contribution < 1.29 is 24.2 Å². The molecule has 6 aliphatic rings. The minimum Gasteiger partial charge on any atom is -0.393 e. The molecular formula is C30H47BrO5. The number of aliphatic hydroxyl groups excluding tert-OH is 1. The summed E-state index contributed by atoms with van der Waals surface area (Å²) in [6, 6.07) is 0. The summed E-state index contributed by atoms with van der Waals surface area (Å²) in [6.07, 6.45) is 10.7. The predicted molar refractivity (Wildman–Crippen MR) is 140 cm³/mol. The zero-order chi connectivity index (χ0) is 26.3. The number of aliphatic hydroxyl groups is 1. The van der Waals surface area contributed by atoms with Crippen molar-refractivity contribution in [1.82, 2.24) is 0 Å². The maximum Gasteiger partial charge on any atom is 0.373 e. The van der Waals surface area contributed by atoms with Gasteiger partial charge in [0, 0.05) is 22.1 Å². The molecule has 2 saturated heterocycles. The molecule has 0 aromatic rings. The topological polar surface area (TPSA) is 72.8 Å². The van der Waals surface area contributed by atoms with Gasteiger partial charge in [0.1, 0.15) is 0 Å². The van der Waals surface area contributed by atoms with E-state index in [1.165, 1.54) is 44.9 Å². The highest BCUT2D eigenvalue weighted by Gasteiger charge is 2.84. The van der Waals surface area contributed by atoms with Crippen molar-refractivity contribution in [2.24, 2.45) is 52.3 Å². The summed E-state index contributed by atoms with van der Waals surface area (Å²) >= 11 is 4.21. The van der Waals surface area contributed by atoms with Crippen LogP contribution in [0, 0.1) is 52.3 Å². The van der Waals surface area contributed by atoms with Crippen LogP contribution in [0.1, 0.15) is 99.3 Å². The van der Waals surface area contributed by atoms with Crippen LogP contribution in [0.4, 0.5) is 0 Å². The lowest BCUT2D eigenvalue weighted by Gasteiger charge is -2.64. The van der Waals surface area contributed by atoms with Crippen LogP contribution in [-0.4, -0.2) is 39.7 Å². The van der Waals surface area contributed by atoms with E-state index in [1.807, 2.05) is 0 Å². The van der Waals surface area contributed by atoms with Crippen LogP contribution in [0.2, 0.25) is 0 Å². The number of alkyl halides is 1. The Morgan fingerprint density at radius 2 is 1.72 bits per heavy atom. The van der Waals surface area contributed by atoms with Crippen molar-refractivity contribution in [3.63, 3.8) is 0 Å². The summed E-state index contributed by atoms with van der Waals surface area (Å²) in [4.78, 5) is 16.6. The first-order chi connectivity index (χ1) is 16.9. The van der Waals surface area contributed by atoms with Gasteiger partial charge in [-0.1, -0.05) is 57.0 Å². The lowest BCUT2D eigenvalue weighted by atomic mass is 9.43. The predicted octanol–water partition coefficient (Wildman–Crippen LogP) is 6.36. The molecule has 13 atom stereocenters. The molecule has 204 valence electrons. The number of carbonyl (C=O) groups excluding carboxylic acids is 2. The third-order valence-corrected chi connectivity index (χ3v) is 13.7. The van der Waals surface area contributed by atoms with Crippen molar-refractivity contribution in [3.8, 4) is 0 Å². The average molecular weight is 568 g/mol. The van der Waals surface area contributed by atoms with Crippen molar-refractivity contribution in [3.05, 3.63) is 0 Å². The zero-order valence-electron chi connectivity index (χ0n) is 23.1. The number of ether oxygens (including phenoxy) is 2. The van der Waals surface area contributed by atoms with Crippen LogP contribution in [0.3, 0.4) is 0 Å². The van der Waals surface area contributed by atoms with Gasteiger partial charge in [0.05, 0.1) is 17.3 Å². The standard InChI is InChI=1S/C29H47BrO3.CO2/c1-16(2)18(4)8-11-27(6)22-15-20(31)24-28(22)12-9-21-26(5)10-7-17(3)13-19(26)14-23(30)29(21,24)33-25(28)32-27;2-1-3/h16-25,31H,7-15H2,1-6H3;. The Morgan fingerprint density at radius 1 is 1.03 bits per heavy atom. The number of rotatable bonds is 4. The van der Waals surface area contributed by atoms with Crippen LogP contribution in [0.15, 0.2) is 0 Å². The monoisotopic (exact) mass is 566 g/mol. The van der Waals surface area contributed by atoms with E-state index in [-0.39, 0.29) is 41.1 Å². The van der Waals surface area contributed by atoms with E-state index in [9.17, 15) is 5.11 Å². The SMILES string of the molecule is CC1CCC2(C)C(C1)CC(Br)C13OC4OC(C)(CCC(C)C(C)C)C5CC(O)C1C45CCC23.O=C=O. The second-order valence-corrected chi connectivity index (χ2v) is 15.5. The van der Waals surface area contributed by atoms with E-state index >= 15 is 0 Å². The third-order valence-electron chi connectivity index (χ3n) is 12.7. The van der Waals surface area contributed by atoms with Gasteiger partial charge < -0.3 is 14.6 Å². The van der Waals surface area contributed by atoms with Crippen molar-refractivity contribution in [1.29, 1.82) is 0 Å². The molecule has 6 heteroatoms. The molecule has 2 bridgehead atoms. The summed E-state index contributed by atoms with van der Waals surface area (Å²) in [7, 11) is 0. The Balaban J connectivity index is 0.000000848. The number of halogens is 1. The first-order valence-corrected chi connectivity index (χ1v) is 15.5. The molecule has 0 radical (unpaired) electrons. The first-order valence-electron chi connectivity index (χ1n) is 14.6. The molecule has 1 N–H and O–H groups in total. The zero-order valence-corrected chi connectivity index (χ0v) is 24.7. The fourth-order valence-electron chi connectivity index (χ4n) is 10.5. The minimum absolute atomic E-state index is 0.0168. The highest BCUT2D eigenvalue weighted by atomic mass is 79.9. The van der Waals surface area contributed by atoms with E-state index in [4.69, 9.17) is 19.1 Å². The van der Waals surface area contributed by atoms with E-state index in [0.29, 0.717) is 33.9 Å². The van der Waals surface area contributed by atoms with Gasteiger partial charge in [-0.15, -0.1) is 0 Å². The van der Waals surface area contributed by atoms with E-state index in [0.717, 1.165) is 24.7 Å². The fourth-order valence-corrected chi connectivity index (χ4v) is 11.7. The molecule has 13 unspecified atom stereocenters. The van der Waals surface area contributed by atoms with Gasteiger partial charge in [0.15, 0.2) is 6.29 Å². The summed E-state index contributed by atoms with van der Waals surface area (Å²) in [5, 5.41) is 11.7. The van der Waals surface area contributed by atoms with Gasteiger partial charge >= 0.3 is 6.15 Å². The number of hydrogen-bond donors (Lipinski definition) is 1. The smallest absolute Gasteiger partial charge is 0.373 e. The second-order valence-electron chi connectivity index (χ2n) is 14.4. The molecule has 0 aromatic heterocycles. The maximum atomic E-state index is 11.7. The fraction of sp³-hybridized carbons (Fsp3) is 0.967. The normalized spacial score (nSPS) is 55.1. The third kappa shape index (κ3) is 3.49. The van der Waals surface area contributed by atoms with Crippen molar-refractivity contribution in [2.45, 2.75) is 128 Å². The number of fused-ring (bicyclic) bond motifs is 2. The molecule has 6 fully saturated rings. The highest BCUT2D eigenvalue weighted by molar-refractivity contribution is 9.09. The van der Waals surface area contributed by atoms with Crippen LogP contribution < -0.4 is 0 Å². The Bertz CT molecular complexity index is 889. The molecule has 36 heavy (non-hydrogen) atoms. The molecular weight excluding hydrogens is 520 g/mol. The molecule has 5 nitrogen and oxygen atoms in total. The minimum atomic E-state index is -0.254. The molecule has 6 rings (SSSR count). The van der Waals surface area contributed by atoms with Crippen LogP contribution in [0.5, 0.6) is 0 Å². The second kappa shape index (κ2) is 9.15. The lowest BCUT2D eigenvalue weighted by molar-refractivity contribution is -0.246. The quantitative estimate of drug-likeness (QED) is 0.400. The van der Waals surface area contributed by atoms with Gasteiger partial charge in [-0.3, -0.25) is 0 Å². The first kappa shape index (κ1) is 27.3. The largest absolute Gasteiger partial charge is 0.393 e. The Hall–Kier alpha value is -0.260. The number of hydrogen-bond acceptors (Lipinski definition) is 5. The van der Waals surface area contributed by atoms with E-state index < -0.39 is 0 Å². The molecule has 4 saturated carbocycles.